The van der Waals surface area contributed by atoms with Crippen molar-refractivity contribution in [3.8, 4) is 5.75 Å². The molecular formula is C22H20ClN5O2S2. The zero-order valence-corrected chi connectivity index (χ0v) is 19.6. The molecule has 0 radical (unpaired) electrons. The lowest BCUT2D eigenvalue weighted by atomic mass is 10.2. The van der Waals surface area contributed by atoms with Gasteiger partial charge in [-0.15, -0.1) is 16.8 Å². The van der Waals surface area contributed by atoms with Gasteiger partial charge in [-0.2, -0.15) is 0 Å². The molecule has 164 valence electrons. The number of carbonyl (C=O) groups is 1. The fourth-order valence-corrected chi connectivity index (χ4v) is 4.85. The molecular weight excluding hydrogens is 466 g/mol. The highest BCUT2D eigenvalue weighted by molar-refractivity contribution is 7.99. The predicted molar refractivity (Wildman–Crippen MR) is 130 cm³/mol. The van der Waals surface area contributed by atoms with E-state index in [-0.39, 0.29) is 18.3 Å². The van der Waals surface area contributed by atoms with Gasteiger partial charge >= 0.3 is 0 Å². The van der Waals surface area contributed by atoms with Crippen LogP contribution in [0.3, 0.4) is 0 Å². The van der Waals surface area contributed by atoms with Gasteiger partial charge < -0.3 is 10.1 Å². The smallest absolute Gasteiger partial charge is 0.236 e. The number of anilines is 1. The average Bonchev–Trinajstić information content (AvgIpc) is 3.35. The number of fused-ring (bicyclic) bond motifs is 1. The Morgan fingerprint density at radius 3 is 2.94 bits per heavy atom. The van der Waals surface area contributed by atoms with Crippen molar-refractivity contribution in [3.63, 3.8) is 0 Å². The fourth-order valence-electron chi connectivity index (χ4n) is 2.97. The Morgan fingerprint density at radius 2 is 2.16 bits per heavy atom. The summed E-state index contributed by atoms with van der Waals surface area (Å²) >= 11 is 8.75. The number of para-hydroxylation sites is 1. The van der Waals surface area contributed by atoms with E-state index in [2.05, 4.69) is 27.1 Å². The van der Waals surface area contributed by atoms with Crippen LogP contribution in [0, 0.1) is 6.92 Å². The van der Waals surface area contributed by atoms with Gasteiger partial charge in [0.05, 0.1) is 16.0 Å². The van der Waals surface area contributed by atoms with Crippen LogP contribution in [-0.2, 0) is 17.9 Å². The first-order valence-corrected chi connectivity index (χ1v) is 11.9. The Labute approximate surface area is 198 Å². The Kier molecular flexibility index (Phi) is 7.09. The molecule has 0 unspecified atom stereocenters. The summed E-state index contributed by atoms with van der Waals surface area (Å²) in [5.41, 5.74) is 1.81. The number of benzene rings is 2. The van der Waals surface area contributed by atoms with Crippen molar-refractivity contribution in [1.82, 2.24) is 19.7 Å². The number of allylic oxidation sites excluding steroid dienone is 1. The van der Waals surface area contributed by atoms with Crippen LogP contribution in [0.25, 0.3) is 10.2 Å². The maximum atomic E-state index is 12.4. The highest BCUT2D eigenvalue weighted by atomic mass is 35.5. The molecule has 4 rings (SSSR count). The standard InChI is InChI=1S/C22H20ClN5O2S2/c1-3-10-28-19(12-30-17-9-8-15(23)11-14(17)2)26-27-22(28)31-13-20(29)25-21-24-16-6-4-5-7-18(16)32-21/h3-9,11H,1,10,12-13H2,2H3,(H,24,25,29). The molecule has 0 spiro atoms. The van der Waals surface area contributed by atoms with E-state index in [0.29, 0.717) is 27.7 Å². The zero-order valence-electron chi connectivity index (χ0n) is 17.2. The normalized spacial score (nSPS) is 10.9. The van der Waals surface area contributed by atoms with E-state index in [0.717, 1.165) is 21.5 Å². The third-order valence-corrected chi connectivity index (χ3v) is 6.63. The second-order valence-electron chi connectivity index (χ2n) is 6.82. The van der Waals surface area contributed by atoms with E-state index >= 15 is 0 Å². The quantitative estimate of drug-likeness (QED) is 0.254. The van der Waals surface area contributed by atoms with Gasteiger partial charge in [0.2, 0.25) is 5.91 Å². The molecule has 10 heteroatoms. The van der Waals surface area contributed by atoms with Gasteiger partial charge in [-0.1, -0.05) is 52.9 Å². The van der Waals surface area contributed by atoms with Crippen molar-refractivity contribution >= 4 is 56.0 Å². The van der Waals surface area contributed by atoms with Crippen molar-refractivity contribution in [2.24, 2.45) is 0 Å². The van der Waals surface area contributed by atoms with Crippen LogP contribution >= 0.6 is 34.7 Å². The summed E-state index contributed by atoms with van der Waals surface area (Å²) < 4.78 is 8.81. The van der Waals surface area contributed by atoms with Gasteiger partial charge in [-0.05, 0) is 42.8 Å². The summed E-state index contributed by atoms with van der Waals surface area (Å²) in [6.07, 6.45) is 1.76. The maximum absolute atomic E-state index is 12.4. The second-order valence-corrected chi connectivity index (χ2v) is 9.23. The first-order chi connectivity index (χ1) is 15.5. The van der Waals surface area contributed by atoms with Crippen molar-refractivity contribution in [3.05, 3.63) is 71.5 Å². The number of amides is 1. The van der Waals surface area contributed by atoms with Crippen molar-refractivity contribution < 1.29 is 9.53 Å². The monoisotopic (exact) mass is 485 g/mol. The molecule has 2 heterocycles. The lowest BCUT2D eigenvalue weighted by Gasteiger charge is -2.11. The molecule has 2 aromatic carbocycles. The third kappa shape index (κ3) is 5.29. The number of carbonyl (C=O) groups excluding carboxylic acids is 1. The number of aromatic nitrogens is 4. The number of hydrogen-bond acceptors (Lipinski definition) is 7. The van der Waals surface area contributed by atoms with Gasteiger partial charge in [0.15, 0.2) is 16.1 Å². The molecule has 4 aromatic rings. The second kappa shape index (κ2) is 10.2. The Balaban J connectivity index is 1.39. The van der Waals surface area contributed by atoms with Crippen molar-refractivity contribution in [2.75, 3.05) is 11.1 Å². The van der Waals surface area contributed by atoms with E-state index in [9.17, 15) is 4.79 Å². The van der Waals surface area contributed by atoms with Gasteiger partial charge in [-0.3, -0.25) is 9.36 Å². The summed E-state index contributed by atoms with van der Waals surface area (Å²) in [7, 11) is 0. The molecule has 1 amide bonds. The molecule has 32 heavy (non-hydrogen) atoms. The van der Waals surface area contributed by atoms with Gasteiger partial charge in [-0.25, -0.2) is 4.98 Å². The van der Waals surface area contributed by atoms with E-state index in [1.54, 1.807) is 12.1 Å². The number of nitrogens with zero attached hydrogens (tertiary/aromatic N) is 4. The van der Waals surface area contributed by atoms with Crippen LogP contribution in [0.15, 0.2) is 60.3 Å². The van der Waals surface area contributed by atoms with Crippen LogP contribution in [-0.4, -0.2) is 31.4 Å². The first-order valence-electron chi connectivity index (χ1n) is 9.73. The van der Waals surface area contributed by atoms with Crippen LogP contribution in [0.4, 0.5) is 5.13 Å². The number of rotatable bonds is 9. The number of aryl methyl sites for hydroxylation is 1. The first kappa shape index (κ1) is 22.3. The minimum absolute atomic E-state index is 0.156. The van der Waals surface area contributed by atoms with E-state index in [1.807, 2.05) is 47.9 Å². The maximum Gasteiger partial charge on any atom is 0.236 e. The average molecular weight is 486 g/mol. The van der Waals surface area contributed by atoms with Crippen LogP contribution in [0.1, 0.15) is 11.4 Å². The molecule has 0 fully saturated rings. The molecule has 0 aliphatic rings. The summed E-state index contributed by atoms with van der Waals surface area (Å²) in [4.78, 5) is 16.9. The Hall–Kier alpha value is -2.88. The number of ether oxygens (including phenoxy) is 1. The SMILES string of the molecule is C=CCn1c(COc2ccc(Cl)cc2C)nnc1SCC(=O)Nc1nc2ccccc2s1. The Morgan fingerprint density at radius 1 is 1.31 bits per heavy atom. The lowest BCUT2D eigenvalue weighted by molar-refractivity contribution is -0.113. The molecule has 0 aliphatic carbocycles. The predicted octanol–water partition coefficient (Wildman–Crippen LogP) is 5.35. The summed E-state index contributed by atoms with van der Waals surface area (Å²) in [5, 5.41) is 13.2. The highest BCUT2D eigenvalue weighted by Crippen LogP contribution is 2.26. The van der Waals surface area contributed by atoms with E-state index < -0.39 is 0 Å². The van der Waals surface area contributed by atoms with E-state index in [1.165, 1.54) is 23.1 Å². The molecule has 1 N–H and O–H groups in total. The van der Waals surface area contributed by atoms with E-state index in [4.69, 9.17) is 16.3 Å². The van der Waals surface area contributed by atoms with Crippen LogP contribution < -0.4 is 10.1 Å². The summed E-state index contributed by atoms with van der Waals surface area (Å²) in [5.74, 6) is 1.40. The minimum atomic E-state index is -0.156. The number of halogens is 1. The minimum Gasteiger partial charge on any atom is -0.485 e. The molecule has 7 nitrogen and oxygen atoms in total. The number of thioether (sulfide) groups is 1. The fraction of sp³-hybridized carbons (Fsp3) is 0.182. The Bertz CT molecular complexity index is 1240. The summed E-state index contributed by atoms with van der Waals surface area (Å²) in [6.45, 7) is 6.48. The summed E-state index contributed by atoms with van der Waals surface area (Å²) in [6, 6.07) is 13.2. The van der Waals surface area contributed by atoms with Crippen molar-refractivity contribution in [1.29, 1.82) is 0 Å². The van der Waals surface area contributed by atoms with Crippen molar-refractivity contribution in [2.45, 2.75) is 25.2 Å². The van der Waals surface area contributed by atoms with Crippen LogP contribution in [0.5, 0.6) is 5.75 Å². The third-order valence-electron chi connectivity index (χ3n) is 4.47. The number of hydrogen-bond donors (Lipinski definition) is 1. The largest absolute Gasteiger partial charge is 0.485 e. The lowest BCUT2D eigenvalue weighted by Crippen LogP contribution is -2.14. The molecule has 2 aromatic heterocycles. The molecule has 0 aliphatic heterocycles. The molecule has 0 bridgehead atoms. The highest BCUT2D eigenvalue weighted by Gasteiger charge is 2.15. The molecule has 0 saturated heterocycles. The molecule has 0 saturated carbocycles. The zero-order chi connectivity index (χ0) is 22.5. The van der Waals surface area contributed by atoms with Gasteiger partial charge in [0, 0.05) is 11.6 Å². The van der Waals surface area contributed by atoms with Crippen LogP contribution in [0.2, 0.25) is 5.02 Å². The van der Waals surface area contributed by atoms with Gasteiger partial charge in [0.1, 0.15) is 12.4 Å². The topological polar surface area (TPSA) is 81.9 Å². The van der Waals surface area contributed by atoms with Gasteiger partial charge in [0.25, 0.3) is 0 Å². The number of nitrogens with one attached hydrogen (secondary N) is 1. The molecule has 0 atom stereocenters. The number of thiazole rings is 1.